The van der Waals surface area contributed by atoms with Crippen molar-refractivity contribution in [3.05, 3.63) is 15.6 Å². The number of thiazole rings is 1. The number of rotatable bonds is 4. The summed E-state index contributed by atoms with van der Waals surface area (Å²) < 4.78 is 6.01. The van der Waals surface area contributed by atoms with Crippen LogP contribution in [0.15, 0.2) is 0 Å². The number of aromatic nitrogens is 1. The van der Waals surface area contributed by atoms with Crippen LogP contribution >= 0.6 is 11.3 Å². The summed E-state index contributed by atoms with van der Waals surface area (Å²) in [6.45, 7) is 12.1. The second kappa shape index (κ2) is 5.64. The number of nitrogens with one attached hydrogen (secondary N) is 1. The second-order valence-corrected chi connectivity index (χ2v) is 8.95. The maximum atomic E-state index is 6.01. The zero-order valence-electron chi connectivity index (χ0n) is 13.9. The standard InChI is InChI=1S/C17H28N2OS/c1-10(2)15-14(9-18-17(3,4)5)21-16(19-15)12-8-11-6-7-13(12)20-11/h10-13,18H,6-9H2,1-5H3. The Labute approximate surface area is 132 Å². The van der Waals surface area contributed by atoms with Gasteiger partial charge < -0.3 is 10.1 Å². The lowest BCUT2D eigenvalue weighted by Crippen LogP contribution is -2.35. The Bertz CT molecular complexity index is 503. The molecular weight excluding hydrogens is 280 g/mol. The highest BCUT2D eigenvalue weighted by atomic mass is 32.1. The SMILES string of the molecule is CC(C)c1nc(C2CC3CCC2O3)sc1CNC(C)(C)C. The quantitative estimate of drug-likeness (QED) is 0.905. The molecule has 0 amide bonds. The van der Waals surface area contributed by atoms with Crippen molar-refractivity contribution >= 4 is 11.3 Å². The first-order valence-corrected chi connectivity index (χ1v) is 9.05. The molecule has 2 saturated heterocycles. The molecule has 0 aliphatic carbocycles. The molecule has 2 fully saturated rings. The van der Waals surface area contributed by atoms with Crippen molar-refractivity contribution in [2.45, 2.75) is 90.0 Å². The number of nitrogens with zero attached hydrogens (tertiary/aromatic N) is 1. The van der Waals surface area contributed by atoms with Crippen LogP contribution in [0.5, 0.6) is 0 Å². The number of fused-ring (bicyclic) bond motifs is 2. The Morgan fingerprint density at radius 3 is 2.62 bits per heavy atom. The number of hydrogen-bond acceptors (Lipinski definition) is 4. The van der Waals surface area contributed by atoms with Crippen LogP contribution in [0.3, 0.4) is 0 Å². The van der Waals surface area contributed by atoms with Crippen LogP contribution in [0.4, 0.5) is 0 Å². The maximum Gasteiger partial charge on any atom is 0.0989 e. The number of hydrogen-bond donors (Lipinski definition) is 1. The Morgan fingerprint density at radius 2 is 2.10 bits per heavy atom. The molecule has 2 aliphatic rings. The van der Waals surface area contributed by atoms with E-state index in [9.17, 15) is 0 Å². The Hall–Kier alpha value is -0.450. The van der Waals surface area contributed by atoms with Crippen molar-refractivity contribution in [3.63, 3.8) is 0 Å². The number of ether oxygens (including phenoxy) is 1. The molecule has 21 heavy (non-hydrogen) atoms. The van der Waals surface area contributed by atoms with E-state index in [2.05, 4.69) is 39.9 Å². The summed E-state index contributed by atoms with van der Waals surface area (Å²) in [7, 11) is 0. The Morgan fingerprint density at radius 1 is 1.33 bits per heavy atom. The molecule has 1 aromatic heterocycles. The molecule has 0 radical (unpaired) electrons. The molecule has 3 rings (SSSR count). The van der Waals surface area contributed by atoms with Crippen molar-refractivity contribution in [3.8, 4) is 0 Å². The predicted octanol–water partition coefficient (Wildman–Crippen LogP) is 4.19. The first-order valence-electron chi connectivity index (χ1n) is 8.23. The van der Waals surface area contributed by atoms with Crippen molar-refractivity contribution in [2.75, 3.05) is 0 Å². The van der Waals surface area contributed by atoms with Gasteiger partial charge in [-0.25, -0.2) is 4.98 Å². The van der Waals surface area contributed by atoms with E-state index in [1.807, 2.05) is 11.3 Å². The van der Waals surface area contributed by atoms with Gasteiger partial charge in [0.25, 0.3) is 0 Å². The molecule has 4 heteroatoms. The average molecular weight is 308 g/mol. The molecule has 118 valence electrons. The van der Waals surface area contributed by atoms with E-state index < -0.39 is 0 Å². The van der Waals surface area contributed by atoms with Gasteiger partial charge >= 0.3 is 0 Å². The summed E-state index contributed by atoms with van der Waals surface area (Å²) in [5, 5.41) is 4.93. The summed E-state index contributed by atoms with van der Waals surface area (Å²) in [6.07, 6.45) is 4.60. The highest BCUT2D eigenvalue weighted by Crippen LogP contribution is 2.46. The van der Waals surface area contributed by atoms with Crippen LogP contribution in [0, 0.1) is 0 Å². The summed E-state index contributed by atoms with van der Waals surface area (Å²) in [6, 6.07) is 0. The molecule has 1 aromatic rings. The van der Waals surface area contributed by atoms with Gasteiger partial charge in [0.05, 0.1) is 22.9 Å². The smallest absolute Gasteiger partial charge is 0.0989 e. The third kappa shape index (κ3) is 3.33. The van der Waals surface area contributed by atoms with Gasteiger partial charge in [-0.05, 0) is 46.0 Å². The molecule has 0 aromatic carbocycles. The molecule has 2 aliphatic heterocycles. The molecule has 0 spiro atoms. The van der Waals surface area contributed by atoms with E-state index in [0.717, 1.165) is 6.54 Å². The van der Waals surface area contributed by atoms with E-state index in [4.69, 9.17) is 9.72 Å². The highest BCUT2D eigenvalue weighted by molar-refractivity contribution is 7.11. The zero-order valence-corrected chi connectivity index (χ0v) is 14.7. The van der Waals surface area contributed by atoms with Crippen molar-refractivity contribution in [1.29, 1.82) is 0 Å². The first kappa shape index (κ1) is 15.4. The van der Waals surface area contributed by atoms with Gasteiger partial charge in [0.1, 0.15) is 0 Å². The summed E-state index contributed by atoms with van der Waals surface area (Å²) in [4.78, 5) is 6.42. The highest BCUT2D eigenvalue weighted by Gasteiger charge is 2.43. The minimum absolute atomic E-state index is 0.147. The third-order valence-corrected chi connectivity index (χ3v) is 5.70. The molecule has 3 unspecified atom stereocenters. The fourth-order valence-electron chi connectivity index (χ4n) is 3.36. The van der Waals surface area contributed by atoms with Gasteiger partial charge in [-0.2, -0.15) is 0 Å². The lowest BCUT2D eigenvalue weighted by atomic mass is 9.90. The van der Waals surface area contributed by atoms with Crippen molar-refractivity contribution in [2.24, 2.45) is 0 Å². The maximum absolute atomic E-state index is 6.01. The van der Waals surface area contributed by atoms with Gasteiger partial charge in [-0.3, -0.25) is 0 Å². The van der Waals surface area contributed by atoms with Crippen LogP contribution in [0.2, 0.25) is 0 Å². The monoisotopic (exact) mass is 308 g/mol. The molecule has 3 heterocycles. The molecule has 2 bridgehead atoms. The van der Waals surface area contributed by atoms with Gasteiger partial charge in [-0.15, -0.1) is 11.3 Å². The lowest BCUT2D eigenvalue weighted by Gasteiger charge is -2.20. The summed E-state index contributed by atoms with van der Waals surface area (Å²) >= 11 is 1.91. The predicted molar refractivity (Wildman–Crippen MR) is 88.0 cm³/mol. The molecule has 1 N–H and O–H groups in total. The third-order valence-electron chi connectivity index (χ3n) is 4.49. The van der Waals surface area contributed by atoms with Crippen LogP contribution in [0.1, 0.15) is 81.3 Å². The largest absolute Gasteiger partial charge is 0.374 e. The van der Waals surface area contributed by atoms with Crippen molar-refractivity contribution in [1.82, 2.24) is 10.3 Å². The van der Waals surface area contributed by atoms with Crippen molar-refractivity contribution < 1.29 is 4.74 Å². The van der Waals surface area contributed by atoms with Crippen LogP contribution < -0.4 is 5.32 Å². The van der Waals surface area contributed by atoms with E-state index in [1.165, 1.54) is 34.8 Å². The van der Waals surface area contributed by atoms with Crippen LogP contribution in [-0.4, -0.2) is 22.7 Å². The van der Waals surface area contributed by atoms with E-state index in [1.54, 1.807) is 0 Å². The topological polar surface area (TPSA) is 34.1 Å². The van der Waals surface area contributed by atoms with Gasteiger partial charge in [0, 0.05) is 22.9 Å². The van der Waals surface area contributed by atoms with Gasteiger partial charge in [0.15, 0.2) is 0 Å². The first-order chi connectivity index (χ1) is 9.83. The second-order valence-electron chi connectivity index (χ2n) is 7.83. The summed E-state index contributed by atoms with van der Waals surface area (Å²) in [5.41, 5.74) is 1.43. The minimum Gasteiger partial charge on any atom is -0.374 e. The van der Waals surface area contributed by atoms with E-state index in [-0.39, 0.29) is 5.54 Å². The van der Waals surface area contributed by atoms with Crippen LogP contribution in [-0.2, 0) is 11.3 Å². The minimum atomic E-state index is 0.147. The van der Waals surface area contributed by atoms with Gasteiger partial charge in [-0.1, -0.05) is 13.8 Å². The summed E-state index contributed by atoms with van der Waals surface area (Å²) in [5.74, 6) is 1.04. The van der Waals surface area contributed by atoms with E-state index >= 15 is 0 Å². The Balaban J connectivity index is 1.79. The average Bonchev–Trinajstić information content (AvgIpc) is 3.09. The molecule has 3 atom stereocenters. The van der Waals surface area contributed by atoms with Crippen LogP contribution in [0.25, 0.3) is 0 Å². The fourth-order valence-corrected chi connectivity index (χ4v) is 4.69. The molecule has 3 nitrogen and oxygen atoms in total. The van der Waals surface area contributed by atoms with E-state index in [0.29, 0.717) is 24.0 Å². The molecule has 0 saturated carbocycles. The zero-order chi connectivity index (χ0) is 15.2. The fraction of sp³-hybridized carbons (Fsp3) is 0.824. The lowest BCUT2D eigenvalue weighted by molar-refractivity contribution is 0.100. The Kier molecular flexibility index (Phi) is 4.15. The normalized spacial score (nSPS) is 28.8. The van der Waals surface area contributed by atoms with Gasteiger partial charge in [0.2, 0.25) is 0 Å². The molecular formula is C17H28N2OS.